The minimum absolute atomic E-state index is 0.258. The quantitative estimate of drug-likeness (QED) is 0.767. The van der Waals surface area contributed by atoms with Gasteiger partial charge in [0, 0.05) is 16.2 Å². The normalized spacial score (nSPS) is 12.5. The molecule has 0 aliphatic rings. The number of hydrogen-bond acceptors (Lipinski definition) is 2. The second-order valence-corrected chi connectivity index (χ2v) is 6.41. The highest BCUT2D eigenvalue weighted by Gasteiger charge is 2.08. The monoisotopic (exact) mass is 329 g/mol. The second-order valence-electron chi connectivity index (χ2n) is 4.01. The number of anilines is 1. The molecule has 1 aromatic heterocycles. The van der Waals surface area contributed by atoms with Crippen molar-refractivity contribution < 1.29 is 0 Å². The first-order chi connectivity index (χ1) is 8.06. The highest BCUT2D eigenvalue weighted by atomic mass is 79.9. The Morgan fingerprint density at radius 2 is 2.12 bits per heavy atom. The number of aryl methyl sites for hydroxylation is 1. The molecule has 1 N–H and O–H groups in total. The van der Waals surface area contributed by atoms with Gasteiger partial charge in [0.2, 0.25) is 0 Å². The predicted octanol–water partition coefficient (Wildman–Crippen LogP) is 5.65. The van der Waals surface area contributed by atoms with Gasteiger partial charge in [0.25, 0.3) is 0 Å². The standard InChI is InChI=1S/C13H13BrClNS/c1-8-3-4-11(6-12(8)14)16-9(2)10-5-13(15)17-7-10/h3-7,9,16H,1-2H3. The molecule has 0 bridgehead atoms. The van der Waals surface area contributed by atoms with Crippen molar-refractivity contribution in [3.8, 4) is 0 Å². The molecule has 0 aliphatic heterocycles. The number of rotatable bonds is 3. The van der Waals surface area contributed by atoms with Gasteiger partial charge in [-0.25, -0.2) is 0 Å². The van der Waals surface area contributed by atoms with E-state index in [1.54, 1.807) is 11.3 Å². The Morgan fingerprint density at radius 3 is 2.71 bits per heavy atom. The average molecular weight is 331 g/mol. The van der Waals surface area contributed by atoms with Crippen molar-refractivity contribution in [2.45, 2.75) is 19.9 Å². The maximum Gasteiger partial charge on any atom is 0.0931 e. The third-order valence-electron chi connectivity index (χ3n) is 2.64. The van der Waals surface area contributed by atoms with Crippen molar-refractivity contribution in [1.82, 2.24) is 0 Å². The molecule has 2 rings (SSSR count). The number of nitrogens with one attached hydrogen (secondary N) is 1. The number of benzene rings is 1. The topological polar surface area (TPSA) is 12.0 Å². The van der Waals surface area contributed by atoms with Gasteiger partial charge in [0.15, 0.2) is 0 Å². The third kappa shape index (κ3) is 3.24. The summed E-state index contributed by atoms with van der Waals surface area (Å²) in [6.45, 7) is 4.21. The molecule has 0 saturated carbocycles. The van der Waals surface area contributed by atoms with E-state index in [4.69, 9.17) is 11.6 Å². The molecular weight excluding hydrogens is 318 g/mol. The lowest BCUT2D eigenvalue weighted by Gasteiger charge is -2.14. The maximum atomic E-state index is 5.94. The molecule has 0 spiro atoms. The first kappa shape index (κ1) is 12.9. The Bertz CT molecular complexity index is 524. The Morgan fingerprint density at radius 1 is 1.35 bits per heavy atom. The van der Waals surface area contributed by atoms with Gasteiger partial charge in [-0.3, -0.25) is 0 Å². The molecular formula is C13H13BrClNS. The predicted molar refractivity (Wildman–Crippen MR) is 80.2 cm³/mol. The van der Waals surface area contributed by atoms with Gasteiger partial charge in [0.05, 0.1) is 4.34 Å². The van der Waals surface area contributed by atoms with E-state index >= 15 is 0 Å². The van der Waals surface area contributed by atoms with Crippen molar-refractivity contribution in [2.24, 2.45) is 0 Å². The first-order valence-corrected chi connectivity index (χ1v) is 7.38. The van der Waals surface area contributed by atoms with E-state index in [1.807, 2.05) is 6.07 Å². The molecule has 1 atom stereocenters. The molecule has 0 saturated heterocycles. The zero-order chi connectivity index (χ0) is 12.4. The fourth-order valence-corrected chi connectivity index (χ4v) is 2.93. The number of thiophene rings is 1. The van der Waals surface area contributed by atoms with Crippen LogP contribution in [0.2, 0.25) is 4.34 Å². The molecule has 17 heavy (non-hydrogen) atoms. The highest BCUT2D eigenvalue weighted by Crippen LogP contribution is 2.28. The van der Waals surface area contributed by atoms with E-state index in [-0.39, 0.29) is 6.04 Å². The van der Waals surface area contributed by atoms with E-state index in [2.05, 4.69) is 58.7 Å². The minimum Gasteiger partial charge on any atom is -0.378 e. The van der Waals surface area contributed by atoms with Crippen molar-refractivity contribution >= 4 is 44.6 Å². The zero-order valence-electron chi connectivity index (χ0n) is 9.63. The van der Waals surface area contributed by atoms with Gasteiger partial charge in [-0.2, -0.15) is 0 Å². The summed E-state index contributed by atoms with van der Waals surface area (Å²) >= 11 is 11.0. The fourth-order valence-electron chi connectivity index (χ4n) is 1.57. The van der Waals surface area contributed by atoms with Crippen LogP contribution in [-0.4, -0.2) is 0 Å². The van der Waals surface area contributed by atoms with Crippen LogP contribution in [0.25, 0.3) is 0 Å². The molecule has 2 aromatic rings. The van der Waals surface area contributed by atoms with E-state index in [0.29, 0.717) is 0 Å². The van der Waals surface area contributed by atoms with Gasteiger partial charge in [-0.05, 0) is 48.6 Å². The smallest absolute Gasteiger partial charge is 0.0931 e. The van der Waals surface area contributed by atoms with Crippen LogP contribution in [0.5, 0.6) is 0 Å². The molecule has 1 aromatic carbocycles. The summed E-state index contributed by atoms with van der Waals surface area (Å²) in [5, 5.41) is 5.54. The molecule has 4 heteroatoms. The maximum absolute atomic E-state index is 5.94. The summed E-state index contributed by atoms with van der Waals surface area (Å²) in [4.78, 5) is 0. The van der Waals surface area contributed by atoms with Gasteiger partial charge in [0.1, 0.15) is 0 Å². The van der Waals surface area contributed by atoms with Crippen LogP contribution < -0.4 is 5.32 Å². The van der Waals surface area contributed by atoms with E-state index in [1.165, 1.54) is 11.1 Å². The van der Waals surface area contributed by atoms with Crippen LogP contribution >= 0.6 is 38.9 Å². The number of hydrogen-bond donors (Lipinski definition) is 1. The highest BCUT2D eigenvalue weighted by molar-refractivity contribution is 9.10. The molecule has 1 heterocycles. The lowest BCUT2D eigenvalue weighted by Crippen LogP contribution is -2.05. The Balaban J connectivity index is 2.12. The first-order valence-electron chi connectivity index (χ1n) is 5.33. The zero-order valence-corrected chi connectivity index (χ0v) is 12.8. The Labute approximate surface area is 119 Å². The van der Waals surface area contributed by atoms with Gasteiger partial charge >= 0.3 is 0 Å². The molecule has 0 fully saturated rings. The summed E-state index contributed by atoms with van der Waals surface area (Å²) < 4.78 is 1.96. The molecule has 0 radical (unpaired) electrons. The van der Waals surface area contributed by atoms with Crippen LogP contribution in [0, 0.1) is 6.92 Å². The van der Waals surface area contributed by atoms with Crippen molar-refractivity contribution in [3.63, 3.8) is 0 Å². The van der Waals surface area contributed by atoms with E-state index in [0.717, 1.165) is 14.5 Å². The lowest BCUT2D eigenvalue weighted by molar-refractivity contribution is 0.890. The van der Waals surface area contributed by atoms with E-state index < -0.39 is 0 Å². The number of halogens is 2. The molecule has 90 valence electrons. The summed E-state index contributed by atoms with van der Waals surface area (Å²) in [6, 6.07) is 8.55. The summed E-state index contributed by atoms with van der Waals surface area (Å²) in [5.74, 6) is 0. The molecule has 1 nitrogen and oxygen atoms in total. The van der Waals surface area contributed by atoms with Crippen molar-refractivity contribution in [3.05, 3.63) is 49.6 Å². The van der Waals surface area contributed by atoms with Crippen LogP contribution in [0.1, 0.15) is 24.1 Å². The molecule has 0 aliphatic carbocycles. The fraction of sp³-hybridized carbons (Fsp3) is 0.231. The minimum atomic E-state index is 0.258. The van der Waals surface area contributed by atoms with E-state index in [9.17, 15) is 0 Å². The lowest BCUT2D eigenvalue weighted by atomic mass is 10.1. The van der Waals surface area contributed by atoms with Crippen LogP contribution in [0.4, 0.5) is 5.69 Å². The molecule has 1 unspecified atom stereocenters. The van der Waals surface area contributed by atoms with Gasteiger partial charge in [-0.15, -0.1) is 11.3 Å². The SMILES string of the molecule is Cc1ccc(NC(C)c2csc(Cl)c2)cc1Br. The Hall–Kier alpha value is -0.510. The Kier molecular flexibility index (Phi) is 4.13. The summed E-state index contributed by atoms with van der Waals surface area (Å²) in [7, 11) is 0. The third-order valence-corrected chi connectivity index (χ3v) is 4.61. The average Bonchev–Trinajstić information content (AvgIpc) is 2.70. The van der Waals surface area contributed by atoms with Gasteiger partial charge in [-0.1, -0.05) is 33.6 Å². The summed E-state index contributed by atoms with van der Waals surface area (Å²) in [5.41, 5.74) is 3.57. The van der Waals surface area contributed by atoms with Crippen LogP contribution in [-0.2, 0) is 0 Å². The largest absolute Gasteiger partial charge is 0.378 e. The van der Waals surface area contributed by atoms with Crippen molar-refractivity contribution in [1.29, 1.82) is 0 Å². The molecule has 0 amide bonds. The van der Waals surface area contributed by atoms with Gasteiger partial charge < -0.3 is 5.32 Å². The summed E-state index contributed by atoms with van der Waals surface area (Å²) in [6.07, 6.45) is 0. The second kappa shape index (κ2) is 5.42. The van der Waals surface area contributed by atoms with Crippen LogP contribution in [0.15, 0.2) is 34.1 Å². The van der Waals surface area contributed by atoms with Crippen LogP contribution in [0.3, 0.4) is 0 Å². The van der Waals surface area contributed by atoms with Crippen molar-refractivity contribution in [2.75, 3.05) is 5.32 Å².